The first kappa shape index (κ1) is 24.1. The van der Waals surface area contributed by atoms with Crippen LogP contribution in [0.5, 0.6) is 0 Å². The Kier molecular flexibility index (Phi) is 7.11. The second kappa shape index (κ2) is 9.14. The first-order valence-electron chi connectivity index (χ1n) is 7.90. The van der Waals surface area contributed by atoms with Gasteiger partial charge in [0.05, 0.1) is 32.9 Å². The second-order valence-corrected chi connectivity index (χ2v) is 12.7. The maximum atomic E-state index is 13.0. The van der Waals surface area contributed by atoms with Crippen molar-refractivity contribution in [2.75, 3.05) is 16.6 Å². The molecule has 0 saturated carbocycles. The fraction of sp³-hybridized carbons (Fsp3) is 0.0625. The van der Waals surface area contributed by atoms with Gasteiger partial charge in [0.25, 0.3) is 20.0 Å². The molecule has 166 valence electrons. The van der Waals surface area contributed by atoms with Gasteiger partial charge < -0.3 is 4.74 Å². The zero-order chi connectivity index (χ0) is 23.0. The Balaban J connectivity index is 2.06. The second-order valence-electron chi connectivity index (χ2n) is 5.69. The van der Waals surface area contributed by atoms with E-state index in [-0.39, 0.29) is 34.8 Å². The molecule has 2 aromatic heterocycles. The van der Waals surface area contributed by atoms with Gasteiger partial charge in [0.2, 0.25) is 0 Å². The number of carbonyl (C=O) groups is 1. The summed E-state index contributed by atoms with van der Waals surface area (Å²) < 4.78 is 60.3. The van der Waals surface area contributed by atoms with Crippen molar-refractivity contribution in [2.24, 2.45) is 0 Å². The number of halogens is 3. The first-order chi connectivity index (χ1) is 14.4. The van der Waals surface area contributed by atoms with Gasteiger partial charge in [-0.05, 0) is 29.6 Å². The number of benzene rings is 1. The number of carbonyl (C=O) groups excluding carboxylic acids is 1. The number of nitrogens with one attached hydrogen (secondary N) is 2. The number of sulfonamides is 2. The van der Waals surface area contributed by atoms with Gasteiger partial charge in [0.1, 0.15) is 14.0 Å². The summed E-state index contributed by atoms with van der Waals surface area (Å²) in [6.45, 7) is 0. The van der Waals surface area contributed by atoms with Gasteiger partial charge in [-0.25, -0.2) is 21.6 Å². The van der Waals surface area contributed by atoms with E-state index in [0.717, 1.165) is 36.6 Å². The Morgan fingerprint density at radius 1 is 0.968 bits per heavy atom. The van der Waals surface area contributed by atoms with Gasteiger partial charge in [-0.2, -0.15) is 0 Å². The molecule has 3 rings (SSSR count). The monoisotopic (exact) mass is 560 g/mol. The highest BCUT2D eigenvalue weighted by Crippen LogP contribution is 2.37. The summed E-state index contributed by atoms with van der Waals surface area (Å²) in [5, 5.41) is 1.53. The Hall–Kier alpha value is -1.54. The van der Waals surface area contributed by atoms with E-state index in [1.54, 1.807) is 11.4 Å². The number of thiophene rings is 2. The molecular formula is C16H11Cl3N2O6S4. The van der Waals surface area contributed by atoms with Crippen LogP contribution in [0.15, 0.2) is 44.8 Å². The molecule has 0 saturated heterocycles. The molecule has 0 fully saturated rings. The van der Waals surface area contributed by atoms with Crippen LogP contribution >= 0.6 is 57.5 Å². The zero-order valence-electron chi connectivity index (χ0n) is 15.2. The quantitative estimate of drug-likeness (QED) is 0.385. The van der Waals surface area contributed by atoms with E-state index in [1.807, 2.05) is 0 Å². The van der Waals surface area contributed by atoms with E-state index < -0.39 is 30.9 Å². The summed E-state index contributed by atoms with van der Waals surface area (Å²) in [4.78, 5) is 11.3. The van der Waals surface area contributed by atoms with Crippen LogP contribution in [0.4, 0.5) is 11.4 Å². The first-order valence-corrected chi connectivity index (χ1v) is 13.7. The lowest BCUT2D eigenvalue weighted by Crippen LogP contribution is -2.18. The Morgan fingerprint density at radius 2 is 1.55 bits per heavy atom. The van der Waals surface area contributed by atoms with Crippen molar-refractivity contribution in [3.8, 4) is 0 Å². The summed E-state index contributed by atoms with van der Waals surface area (Å²) in [7, 11) is -7.33. The summed E-state index contributed by atoms with van der Waals surface area (Å²) >= 11 is 19.6. The number of anilines is 2. The van der Waals surface area contributed by atoms with E-state index in [0.29, 0.717) is 11.3 Å². The lowest BCUT2D eigenvalue weighted by atomic mass is 10.3. The third kappa shape index (κ3) is 5.28. The standard InChI is InChI=1S/C16H11Cl3N2O6S4/c1-27-16(22)15-12(7-13(19)29-15)30(23,24)20-10-5-8(17)9(18)6-11(10)21-31(25,26)14-3-2-4-28-14/h2-7,20-21H,1H3. The minimum atomic E-state index is -4.40. The topological polar surface area (TPSA) is 119 Å². The van der Waals surface area contributed by atoms with Crippen molar-refractivity contribution < 1.29 is 26.4 Å². The highest BCUT2D eigenvalue weighted by atomic mass is 35.5. The molecule has 0 unspecified atom stereocenters. The fourth-order valence-electron chi connectivity index (χ4n) is 2.31. The summed E-state index contributed by atoms with van der Waals surface area (Å²) in [6, 6.07) is 6.30. The fourth-order valence-corrected chi connectivity index (χ4v) is 7.50. The normalized spacial score (nSPS) is 11.9. The van der Waals surface area contributed by atoms with Gasteiger partial charge in [0.15, 0.2) is 0 Å². The maximum Gasteiger partial charge on any atom is 0.349 e. The van der Waals surface area contributed by atoms with E-state index in [2.05, 4.69) is 14.2 Å². The zero-order valence-corrected chi connectivity index (χ0v) is 20.7. The van der Waals surface area contributed by atoms with Crippen LogP contribution in [0.1, 0.15) is 9.67 Å². The molecule has 31 heavy (non-hydrogen) atoms. The molecule has 0 aliphatic rings. The largest absolute Gasteiger partial charge is 0.465 e. The molecule has 2 heterocycles. The highest BCUT2D eigenvalue weighted by molar-refractivity contribution is 7.94. The van der Waals surface area contributed by atoms with Gasteiger partial charge >= 0.3 is 5.97 Å². The molecule has 1 aromatic carbocycles. The Labute approximate surface area is 200 Å². The maximum absolute atomic E-state index is 13.0. The van der Waals surface area contributed by atoms with E-state index in [1.165, 1.54) is 6.07 Å². The molecule has 0 bridgehead atoms. The van der Waals surface area contributed by atoms with Crippen molar-refractivity contribution in [2.45, 2.75) is 9.10 Å². The minimum Gasteiger partial charge on any atom is -0.465 e. The number of ether oxygens (including phenoxy) is 1. The van der Waals surface area contributed by atoms with E-state index in [9.17, 15) is 21.6 Å². The molecular weight excluding hydrogens is 551 g/mol. The molecule has 2 N–H and O–H groups in total. The predicted molar refractivity (Wildman–Crippen MR) is 123 cm³/mol. The van der Waals surface area contributed by atoms with Crippen molar-refractivity contribution in [1.29, 1.82) is 0 Å². The number of methoxy groups -OCH3 is 1. The summed E-state index contributed by atoms with van der Waals surface area (Å²) in [5.41, 5.74) is -0.389. The van der Waals surface area contributed by atoms with Crippen LogP contribution in [-0.2, 0) is 24.8 Å². The molecule has 15 heteroatoms. The number of esters is 1. The van der Waals surface area contributed by atoms with Crippen LogP contribution in [0.2, 0.25) is 14.4 Å². The van der Waals surface area contributed by atoms with Crippen LogP contribution in [0, 0.1) is 0 Å². The number of rotatable bonds is 7. The average molecular weight is 562 g/mol. The van der Waals surface area contributed by atoms with Gasteiger partial charge in [-0.1, -0.05) is 40.9 Å². The van der Waals surface area contributed by atoms with Gasteiger partial charge in [0, 0.05) is 0 Å². The molecule has 0 atom stereocenters. The molecule has 0 aliphatic heterocycles. The molecule has 3 aromatic rings. The SMILES string of the molecule is COC(=O)c1sc(Cl)cc1S(=O)(=O)Nc1cc(Cl)c(Cl)cc1NS(=O)(=O)c1cccs1. The Morgan fingerprint density at radius 3 is 2.06 bits per heavy atom. The summed E-state index contributed by atoms with van der Waals surface area (Å²) in [5.74, 6) is -0.898. The third-order valence-electron chi connectivity index (χ3n) is 3.64. The molecule has 8 nitrogen and oxygen atoms in total. The lowest BCUT2D eigenvalue weighted by molar-refractivity contribution is 0.0602. The third-order valence-corrected chi connectivity index (χ3v) is 9.89. The average Bonchev–Trinajstić information content (AvgIpc) is 3.35. The van der Waals surface area contributed by atoms with Crippen molar-refractivity contribution in [3.05, 3.63) is 55.0 Å². The van der Waals surface area contributed by atoms with Crippen LogP contribution in [0.25, 0.3) is 0 Å². The van der Waals surface area contributed by atoms with Crippen LogP contribution in [-0.4, -0.2) is 29.9 Å². The van der Waals surface area contributed by atoms with Crippen molar-refractivity contribution in [1.82, 2.24) is 0 Å². The molecule has 0 spiro atoms. The van der Waals surface area contributed by atoms with Crippen LogP contribution in [0.3, 0.4) is 0 Å². The molecule has 0 radical (unpaired) electrons. The van der Waals surface area contributed by atoms with Crippen molar-refractivity contribution in [3.63, 3.8) is 0 Å². The number of hydrogen-bond donors (Lipinski definition) is 2. The predicted octanol–water partition coefficient (Wildman–Crippen LogP) is 5.16. The van der Waals surface area contributed by atoms with Gasteiger partial charge in [-0.3, -0.25) is 9.44 Å². The molecule has 0 aliphatic carbocycles. The van der Waals surface area contributed by atoms with E-state index in [4.69, 9.17) is 34.8 Å². The molecule has 0 amide bonds. The smallest absolute Gasteiger partial charge is 0.349 e. The highest BCUT2D eigenvalue weighted by Gasteiger charge is 2.28. The van der Waals surface area contributed by atoms with Crippen molar-refractivity contribution >= 4 is 94.9 Å². The number of hydrogen-bond acceptors (Lipinski definition) is 8. The lowest BCUT2D eigenvalue weighted by Gasteiger charge is -2.15. The van der Waals surface area contributed by atoms with Crippen LogP contribution < -0.4 is 9.44 Å². The Bertz CT molecular complexity index is 1350. The summed E-state index contributed by atoms with van der Waals surface area (Å²) in [6.07, 6.45) is 0. The van der Waals surface area contributed by atoms with E-state index >= 15 is 0 Å². The minimum absolute atomic E-state index is 0.00461. The van der Waals surface area contributed by atoms with Gasteiger partial charge in [-0.15, -0.1) is 22.7 Å².